The molecule has 165 valence electrons. The van der Waals surface area contributed by atoms with Gasteiger partial charge in [-0.25, -0.2) is 0 Å². The van der Waals surface area contributed by atoms with Crippen LogP contribution in [0.2, 0.25) is 0 Å². The molecule has 0 saturated heterocycles. The van der Waals surface area contributed by atoms with E-state index in [-0.39, 0.29) is 6.42 Å². The first-order valence-corrected chi connectivity index (χ1v) is 10.6. The van der Waals surface area contributed by atoms with Gasteiger partial charge >= 0.3 is 18.0 Å². The summed E-state index contributed by atoms with van der Waals surface area (Å²) in [6.07, 6.45) is 13.0. The van der Waals surface area contributed by atoms with E-state index in [1.165, 1.54) is 44.9 Å². The first kappa shape index (κ1) is 24.9. The molecule has 1 rings (SSSR count). The molecule has 0 heterocycles. The Bertz CT molecular complexity index is 556. The van der Waals surface area contributed by atoms with Gasteiger partial charge in [-0.05, 0) is 24.7 Å². The van der Waals surface area contributed by atoms with E-state index in [4.69, 9.17) is 0 Å². The Morgan fingerprint density at radius 1 is 0.862 bits per heavy atom. The second kappa shape index (κ2) is 12.4. The van der Waals surface area contributed by atoms with Crippen LogP contribution in [0.3, 0.4) is 0 Å². The Balaban J connectivity index is 2.24. The SMILES string of the molecule is CCCCCCC1CC1CCCCCCCC([N+](=O)[O-])C([C]=O)([N+](=O)[O-])[N+](=O)[O-]. The first-order valence-electron chi connectivity index (χ1n) is 10.6. The van der Waals surface area contributed by atoms with Crippen molar-refractivity contribution in [2.75, 3.05) is 0 Å². The monoisotopic (exact) mass is 414 g/mol. The third kappa shape index (κ3) is 7.32. The van der Waals surface area contributed by atoms with Gasteiger partial charge in [0.25, 0.3) is 0 Å². The highest BCUT2D eigenvalue weighted by atomic mass is 16.7. The topological polar surface area (TPSA) is 146 Å². The van der Waals surface area contributed by atoms with Crippen LogP contribution in [0.4, 0.5) is 0 Å². The minimum atomic E-state index is -3.54. The third-order valence-electron chi connectivity index (χ3n) is 5.98. The predicted molar refractivity (Wildman–Crippen MR) is 106 cm³/mol. The van der Waals surface area contributed by atoms with Gasteiger partial charge in [-0.15, -0.1) is 0 Å². The zero-order chi connectivity index (χ0) is 21.9. The minimum Gasteiger partial charge on any atom is -0.273 e. The molecular weight excluding hydrogens is 382 g/mol. The molecular formula is C19H32N3O7. The first-order chi connectivity index (χ1) is 13.8. The van der Waals surface area contributed by atoms with Crippen LogP contribution in [0.15, 0.2) is 0 Å². The number of nitro groups is 3. The second-order valence-electron chi connectivity index (χ2n) is 8.09. The summed E-state index contributed by atoms with van der Waals surface area (Å²) in [6.45, 7) is 2.21. The third-order valence-corrected chi connectivity index (χ3v) is 5.98. The number of rotatable bonds is 18. The number of carbonyl (C=O) groups excluding carboxylic acids is 1. The summed E-state index contributed by atoms with van der Waals surface area (Å²) in [5, 5.41) is 33.1. The van der Waals surface area contributed by atoms with Crippen molar-refractivity contribution >= 4 is 6.29 Å². The fourth-order valence-electron chi connectivity index (χ4n) is 4.03. The van der Waals surface area contributed by atoms with Gasteiger partial charge in [0.1, 0.15) is 9.85 Å². The van der Waals surface area contributed by atoms with Crippen molar-refractivity contribution in [3.63, 3.8) is 0 Å². The molecule has 3 atom stereocenters. The van der Waals surface area contributed by atoms with Gasteiger partial charge in [-0.1, -0.05) is 71.1 Å². The number of unbranched alkanes of at least 4 members (excludes halogenated alkanes) is 7. The molecule has 0 amide bonds. The van der Waals surface area contributed by atoms with Crippen LogP contribution in [-0.4, -0.2) is 32.8 Å². The molecule has 0 aliphatic heterocycles. The zero-order valence-electron chi connectivity index (χ0n) is 17.1. The van der Waals surface area contributed by atoms with Crippen molar-refractivity contribution in [2.24, 2.45) is 11.8 Å². The largest absolute Gasteiger partial charge is 0.588 e. The summed E-state index contributed by atoms with van der Waals surface area (Å²) in [6, 6.07) is -2.22. The smallest absolute Gasteiger partial charge is 0.273 e. The molecule has 0 N–H and O–H groups in total. The van der Waals surface area contributed by atoms with Gasteiger partial charge in [0.2, 0.25) is 0 Å². The molecule has 0 aromatic heterocycles. The Labute approximate surface area is 170 Å². The molecule has 10 nitrogen and oxygen atoms in total. The standard InChI is InChI=1S/C19H32N3O7/c1-2-3-4-8-11-16-14-17(16)12-9-6-5-7-10-13-18(20(24)25)19(15-23,21(26)27)22(28)29/h16-18H,2-14H2,1H3. The summed E-state index contributed by atoms with van der Waals surface area (Å²) >= 11 is 0. The van der Waals surface area contributed by atoms with Crippen molar-refractivity contribution in [1.82, 2.24) is 0 Å². The van der Waals surface area contributed by atoms with E-state index in [0.29, 0.717) is 12.7 Å². The summed E-state index contributed by atoms with van der Waals surface area (Å²) in [7, 11) is 0. The van der Waals surface area contributed by atoms with E-state index in [0.717, 1.165) is 31.1 Å². The lowest BCUT2D eigenvalue weighted by Crippen LogP contribution is -2.59. The van der Waals surface area contributed by atoms with Gasteiger partial charge in [0.05, 0.1) is 0 Å². The van der Waals surface area contributed by atoms with E-state index >= 15 is 0 Å². The Hall–Kier alpha value is -2.13. The van der Waals surface area contributed by atoms with Gasteiger partial charge < -0.3 is 0 Å². The van der Waals surface area contributed by atoms with Crippen molar-refractivity contribution in [3.8, 4) is 0 Å². The molecule has 1 aliphatic rings. The fourth-order valence-corrected chi connectivity index (χ4v) is 4.03. The van der Waals surface area contributed by atoms with Crippen LogP contribution >= 0.6 is 0 Å². The summed E-state index contributed by atoms with van der Waals surface area (Å²) in [5.41, 5.74) is -3.54. The van der Waals surface area contributed by atoms with Crippen molar-refractivity contribution in [3.05, 3.63) is 30.3 Å². The molecule has 0 aromatic carbocycles. The molecule has 10 heteroatoms. The van der Waals surface area contributed by atoms with Gasteiger partial charge in [0.15, 0.2) is 0 Å². The minimum absolute atomic E-state index is 0.222. The van der Waals surface area contributed by atoms with Gasteiger partial charge in [-0.2, -0.15) is 0 Å². The highest BCUT2D eigenvalue weighted by molar-refractivity contribution is 5.61. The summed E-state index contributed by atoms with van der Waals surface area (Å²) in [5.74, 6) is 1.71. The quantitative estimate of drug-likeness (QED) is 0.140. The van der Waals surface area contributed by atoms with Crippen LogP contribution in [0, 0.1) is 42.2 Å². The number of hydrogen-bond acceptors (Lipinski definition) is 7. The van der Waals surface area contributed by atoms with E-state index in [9.17, 15) is 35.1 Å². The van der Waals surface area contributed by atoms with E-state index < -0.39 is 32.9 Å². The Morgan fingerprint density at radius 3 is 1.79 bits per heavy atom. The molecule has 1 radical (unpaired) electrons. The van der Waals surface area contributed by atoms with Crippen molar-refractivity contribution < 1.29 is 19.6 Å². The lowest BCUT2D eigenvalue weighted by atomic mass is 9.96. The van der Waals surface area contributed by atoms with Crippen molar-refractivity contribution in [2.45, 2.75) is 102 Å². The van der Waals surface area contributed by atoms with Crippen LogP contribution in [0.5, 0.6) is 0 Å². The Kier molecular flexibility index (Phi) is 10.7. The van der Waals surface area contributed by atoms with Crippen LogP contribution < -0.4 is 0 Å². The number of nitrogens with zero attached hydrogens (tertiary/aromatic N) is 3. The number of hydrogen-bond donors (Lipinski definition) is 0. The Morgan fingerprint density at radius 2 is 1.34 bits per heavy atom. The normalized spacial score (nSPS) is 19.5. The molecule has 1 fully saturated rings. The average Bonchev–Trinajstić information content (AvgIpc) is 3.41. The maximum Gasteiger partial charge on any atom is 0.588 e. The lowest BCUT2D eigenvalue weighted by Gasteiger charge is -2.14. The van der Waals surface area contributed by atoms with E-state index in [1.807, 2.05) is 0 Å². The maximum absolute atomic E-state index is 11.1. The molecule has 29 heavy (non-hydrogen) atoms. The maximum atomic E-state index is 11.1. The average molecular weight is 414 g/mol. The van der Waals surface area contributed by atoms with Crippen LogP contribution in [0.1, 0.15) is 90.4 Å². The fraction of sp³-hybridized carbons (Fsp3) is 0.947. The van der Waals surface area contributed by atoms with E-state index in [2.05, 4.69) is 6.92 Å². The van der Waals surface area contributed by atoms with E-state index in [1.54, 1.807) is 0 Å². The molecule has 1 saturated carbocycles. The molecule has 1 aliphatic carbocycles. The molecule has 0 bridgehead atoms. The second-order valence-corrected chi connectivity index (χ2v) is 8.09. The van der Waals surface area contributed by atoms with Gasteiger partial charge in [0, 0.05) is 11.3 Å². The highest BCUT2D eigenvalue weighted by Gasteiger charge is 2.71. The summed E-state index contributed by atoms with van der Waals surface area (Å²) in [4.78, 5) is 39.9. The highest BCUT2D eigenvalue weighted by Crippen LogP contribution is 2.45. The lowest BCUT2D eigenvalue weighted by molar-refractivity contribution is -0.810. The predicted octanol–water partition coefficient (Wildman–Crippen LogP) is 4.33. The van der Waals surface area contributed by atoms with Crippen molar-refractivity contribution in [1.29, 1.82) is 0 Å². The van der Waals surface area contributed by atoms with Crippen LogP contribution in [0.25, 0.3) is 0 Å². The molecule has 3 unspecified atom stereocenters. The summed E-state index contributed by atoms with van der Waals surface area (Å²) < 4.78 is 0. The van der Waals surface area contributed by atoms with Crippen LogP contribution in [-0.2, 0) is 4.79 Å². The zero-order valence-corrected chi connectivity index (χ0v) is 17.1. The molecule has 0 spiro atoms. The molecule has 0 aromatic rings. The van der Waals surface area contributed by atoms with Gasteiger partial charge in [-0.3, -0.25) is 35.1 Å².